The van der Waals surface area contributed by atoms with Crippen molar-refractivity contribution in [2.75, 3.05) is 0 Å². The number of hydrogen-bond acceptors (Lipinski definition) is 4. The van der Waals surface area contributed by atoms with Gasteiger partial charge in [-0.05, 0) is 0 Å². The SMILES string of the molecule is NC(O)=[Se].OC(=[Se])N(Cc1ccccc1)Cc1ccccc1. The van der Waals surface area contributed by atoms with E-state index in [0.717, 1.165) is 0 Å². The zero-order chi connectivity index (χ0) is 16.4. The van der Waals surface area contributed by atoms with Gasteiger partial charge in [0.05, 0.1) is 0 Å². The molecule has 0 fully saturated rings. The van der Waals surface area contributed by atoms with Gasteiger partial charge < -0.3 is 0 Å². The molecule has 4 nitrogen and oxygen atoms in total. The van der Waals surface area contributed by atoms with Gasteiger partial charge in [0.25, 0.3) is 0 Å². The van der Waals surface area contributed by atoms with Crippen molar-refractivity contribution in [3.8, 4) is 0 Å². The van der Waals surface area contributed by atoms with E-state index in [-0.39, 0.29) is 9.45 Å². The van der Waals surface area contributed by atoms with Crippen LogP contribution in [0.5, 0.6) is 0 Å². The van der Waals surface area contributed by atoms with Crippen LogP contribution in [0.15, 0.2) is 60.7 Å². The molecule has 0 aliphatic carbocycles. The molecule has 0 bridgehead atoms. The summed E-state index contributed by atoms with van der Waals surface area (Å²) in [5, 5.41) is 17.4. The number of benzene rings is 2. The van der Waals surface area contributed by atoms with Crippen LogP contribution in [0.4, 0.5) is 0 Å². The summed E-state index contributed by atoms with van der Waals surface area (Å²) in [4.78, 5) is 1.91. The normalized spacial score (nSPS) is 9.27. The van der Waals surface area contributed by atoms with E-state index in [1.165, 1.54) is 11.1 Å². The Balaban J connectivity index is 0.000000541. The molecule has 2 aromatic carbocycles. The van der Waals surface area contributed by atoms with Crippen LogP contribution in [-0.2, 0) is 13.1 Å². The molecule has 0 aliphatic rings. The number of nitrogens with two attached hydrogens (primary N) is 1. The van der Waals surface area contributed by atoms with Gasteiger partial charge in [-0.25, -0.2) is 0 Å². The van der Waals surface area contributed by atoms with Crippen molar-refractivity contribution in [1.29, 1.82) is 0 Å². The van der Waals surface area contributed by atoms with Crippen molar-refractivity contribution in [3.63, 3.8) is 0 Å². The first kappa shape index (κ1) is 18.5. The summed E-state index contributed by atoms with van der Waals surface area (Å²) in [6.07, 6.45) is 0. The van der Waals surface area contributed by atoms with E-state index in [1.807, 2.05) is 41.3 Å². The topological polar surface area (TPSA) is 69.7 Å². The Hall–Kier alpha value is -1.58. The van der Waals surface area contributed by atoms with Gasteiger partial charge in [-0.15, -0.1) is 0 Å². The zero-order valence-electron chi connectivity index (χ0n) is 11.9. The third-order valence-corrected chi connectivity index (χ3v) is 3.24. The third-order valence-electron chi connectivity index (χ3n) is 2.70. The molecule has 22 heavy (non-hydrogen) atoms. The van der Waals surface area contributed by atoms with E-state index in [2.05, 4.69) is 61.2 Å². The minimum atomic E-state index is -0.208. The van der Waals surface area contributed by atoms with E-state index < -0.39 is 0 Å². The molecule has 2 aromatic rings. The molecule has 6 heteroatoms. The van der Waals surface area contributed by atoms with E-state index >= 15 is 0 Å². The molecule has 0 radical (unpaired) electrons. The maximum atomic E-state index is 9.72. The van der Waals surface area contributed by atoms with Crippen LogP contribution in [0, 0.1) is 0 Å². The number of aliphatic hydroxyl groups is 2. The number of rotatable bonds is 5. The Morgan fingerprint density at radius 3 is 1.41 bits per heavy atom. The summed E-state index contributed by atoms with van der Waals surface area (Å²) in [6.45, 7) is 1.38. The molecule has 0 aliphatic heterocycles. The molecular formula is C16H18N2O2Se2. The Kier molecular flexibility index (Phi) is 8.56. The van der Waals surface area contributed by atoms with Crippen molar-refractivity contribution >= 4 is 40.6 Å². The average Bonchev–Trinajstić information content (AvgIpc) is 2.48. The molecule has 116 valence electrons. The van der Waals surface area contributed by atoms with Crippen molar-refractivity contribution in [2.24, 2.45) is 5.73 Å². The van der Waals surface area contributed by atoms with E-state index in [1.54, 1.807) is 0 Å². The molecule has 2 rings (SSSR count). The average molecular weight is 428 g/mol. The molecule has 0 spiro atoms. The van der Waals surface area contributed by atoms with Gasteiger partial charge in [-0.2, -0.15) is 0 Å². The molecule has 0 heterocycles. The third kappa shape index (κ3) is 8.01. The summed E-state index contributed by atoms with van der Waals surface area (Å²) in [5.41, 5.74) is 6.88. The van der Waals surface area contributed by atoms with Crippen molar-refractivity contribution in [1.82, 2.24) is 4.90 Å². The molecule has 0 atom stereocenters. The van der Waals surface area contributed by atoms with Crippen LogP contribution in [0.2, 0.25) is 0 Å². The molecular weight excluding hydrogens is 410 g/mol. The van der Waals surface area contributed by atoms with Crippen LogP contribution in [0.25, 0.3) is 0 Å². The quantitative estimate of drug-likeness (QED) is 0.619. The first-order valence-electron chi connectivity index (χ1n) is 6.53. The Morgan fingerprint density at radius 1 is 0.818 bits per heavy atom. The van der Waals surface area contributed by atoms with Gasteiger partial charge in [0.1, 0.15) is 0 Å². The summed E-state index contributed by atoms with van der Waals surface area (Å²) in [6, 6.07) is 20.2. The fourth-order valence-corrected chi connectivity index (χ4v) is 2.07. The molecule has 4 N–H and O–H groups in total. The van der Waals surface area contributed by atoms with Crippen molar-refractivity contribution < 1.29 is 10.2 Å². The maximum absolute atomic E-state index is 9.72. The second-order valence-electron chi connectivity index (χ2n) is 4.45. The summed E-state index contributed by atoms with van der Waals surface area (Å²) in [5.74, 6) is 0. The predicted molar refractivity (Wildman–Crippen MR) is 91.7 cm³/mol. The molecule has 0 saturated carbocycles. The first-order chi connectivity index (χ1) is 10.5. The van der Waals surface area contributed by atoms with Crippen LogP contribution >= 0.6 is 0 Å². The van der Waals surface area contributed by atoms with E-state index in [9.17, 15) is 5.11 Å². The van der Waals surface area contributed by atoms with Gasteiger partial charge >= 0.3 is 146 Å². The second kappa shape index (κ2) is 10.2. The molecule has 0 unspecified atom stereocenters. The summed E-state index contributed by atoms with van der Waals surface area (Å²) < 4.78 is 0.0164. The van der Waals surface area contributed by atoms with Crippen LogP contribution in [0.3, 0.4) is 0 Å². The van der Waals surface area contributed by atoms with Gasteiger partial charge in [0, 0.05) is 0 Å². The monoisotopic (exact) mass is 430 g/mol. The van der Waals surface area contributed by atoms with Crippen LogP contribution < -0.4 is 5.73 Å². The number of hydrogen-bond donors (Lipinski definition) is 3. The molecule has 0 amide bonds. The minimum absolute atomic E-state index is 0.208. The second-order valence-corrected chi connectivity index (χ2v) is 6.09. The van der Waals surface area contributed by atoms with Crippen molar-refractivity contribution in [2.45, 2.75) is 13.1 Å². The molecule has 0 saturated heterocycles. The zero-order valence-corrected chi connectivity index (χ0v) is 15.3. The fraction of sp³-hybridized carbons (Fsp3) is 0.125. The Labute approximate surface area is 146 Å². The van der Waals surface area contributed by atoms with Crippen LogP contribution in [-0.4, -0.2) is 55.7 Å². The summed E-state index contributed by atoms with van der Waals surface area (Å²) >= 11 is 4.83. The van der Waals surface area contributed by atoms with Crippen LogP contribution in [0.1, 0.15) is 11.1 Å². The van der Waals surface area contributed by atoms with Gasteiger partial charge in [0.2, 0.25) is 0 Å². The number of aliphatic hydroxyl groups excluding tert-OH is 2. The predicted octanol–water partition coefficient (Wildman–Crippen LogP) is 0.891. The van der Waals surface area contributed by atoms with Gasteiger partial charge in [-0.3, -0.25) is 0 Å². The Bertz CT molecular complexity index is 546. The van der Waals surface area contributed by atoms with E-state index in [4.69, 9.17) is 5.11 Å². The first-order valence-corrected chi connectivity index (χ1v) is 8.24. The van der Waals surface area contributed by atoms with Gasteiger partial charge in [-0.1, -0.05) is 0 Å². The number of nitrogens with zero attached hydrogens (tertiary/aromatic N) is 1. The molecule has 0 aromatic heterocycles. The van der Waals surface area contributed by atoms with E-state index in [0.29, 0.717) is 13.1 Å². The standard InChI is InChI=1S/C15H15NOSe.CH3NOSe/c17-15(18)16(11-13-7-3-1-4-8-13)12-14-9-5-2-6-10-14;2-1(3)4/h1-10H,11-12H2,(H,17,18);(H3,2,3,4). The fourth-order valence-electron chi connectivity index (χ4n) is 1.80. The van der Waals surface area contributed by atoms with Gasteiger partial charge in [0.15, 0.2) is 0 Å². The van der Waals surface area contributed by atoms with Crippen molar-refractivity contribution in [3.05, 3.63) is 71.8 Å². The Morgan fingerprint density at radius 2 is 1.14 bits per heavy atom. The summed E-state index contributed by atoms with van der Waals surface area (Å²) in [7, 11) is 0.